The van der Waals surface area contributed by atoms with Gasteiger partial charge in [0, 0.05) is 16.7 Å². The number of rotatable bonds is 5. The SMILES string of the molecule is C1=CC(c2cccc(-c3cccc(-c4nc(-c5ccccc5)nc(-c5ccccc5)n4)c3)c2)=Cc2c(c3ccccc3c3ccccc23)C1. The molecule has 0 bridgehead atoms. The van der Waals surface area contributed by atoms with E-state index >= 15 is 0 Å². The average molecular weight is 626 g/mol. The molecule has 3 nitrogen and oxygen atoms in total. The molecule has 230 valence electrons. The van der Waals surface area contributed by atoms with Crippen molar-refractivity contribution in [3.8, 4) is 45.3 Å². The van der Waals surface area contributed by atoms with Gasteiger partial charge in [0.05, 0.1) is 0 Å². The molecular weight excluding hydrogens is 595 g/mol. The first-order valence-electron chi connectivity index (χ1n) is 16.7. The Labute approximate surface area is 285 Å². The molecule has 0 aliphatic heterocycles. The van der Waals surface area contributed by atoms with Crippen LogP contribution in [0.25, 0.3) is 78.5 Å². The van der Waals surface area contributed by atoms with Gasteiger partial charge in [0.15, 0.2) is 17.5 Å². The van der Waals surface area contributed by atoms with Gasteiger partial charge in [-0.3, -0.25) is 0 Å². The van der Waals surface area contributed by atoms with Gasteiger partial charge in [-0.1, -0.05) is 158 Å². The van der Waals surface area contributed by atoms with Gasteiger partial charge in [-0.15, -0.1) is 0 Å². The van der Waals surface area contributed by atoms with Crippen LogP contribution in [0.2, 0.25) is 0 Å². The Kier molecular flexibility index (Phi) is 7.21. The highest BCUT2D eigenvalue weighted by Crippen LogP contribution is 2.38. The summed E-state index contributed by atoms with van der Waals surface area (Å²) in [6.45, 7) is 0. The van der Waals surface area contributed by atoms with Crippen LogP contribution in [0.5, 0.6) is 0 Å². The molecule has 0 fully saturated rings. The molecule has 0 spiro atoms. The normalized spacial score (nSPS) is 12.4. The molecule has 0 saturated heterocycles. The van der Waals surface area contributed by atoms with E-state index in [2.05, 4.69) is 115 Å². The van der Waals surface area contributed by atoms with Crippen molar-refractivity contribution >= 4 is 33.2 Å². The molecule has 7 aromatic carbocycles. The van der Waals surface area contributed by atoms with E-state index < -0.39 is 0 Å². The van der Waals surface area contributed by atoms with E-state index in [-0.39, 0.29) is 0 Å². The molecule has 0 N–H and O–H groups in total. The van der Waals surface area contributed by atoms with Gasteiger partial charge in [-0.05, 0) is 79.6 Å². The summed E-state index contributed by atoms with van der Waals surface area (Å²) in [5, 5.41) is 5.23. The van der Waals surface area contributed by atoms with Crippen molar-refractivity contribution in [1.82, 2.24) is 15.0 Å². The summed E-state index contributed by atoms with van der Waals surface area (Å²) in [6, 6.07) is 55.1. The van der Waals surface area contributed by atoms with Gasteiger partial charge >= 0.3 is 0 Å². The van der Waals surface area contributed by atoms with Gasteiger partial charge in [-0.25, -0.2) is 15.0 Å². The van der Waals surface area contributed by atoms with Crippen LogP contribution in [-0.4, -0.2) is 15.0 Å². The maximum absolute atomic E-state index is 4.96. The lowest BCUT2D eigenvalue weighted by molar-refractivity contribution is 1.07. The second-order valence-electron chi connectivity index (χ2n) is 12.4. The number of benzene rings is 7. The molecule has 1 aliphatic rings. The van der Waals surface area contributed by atoms with Crippen LogP contribution < -0.4 is 0 Å². The molecule has 1 aliphatic carbocycles. The average Bonchev–Trinajstić information content (AvgIpc) is 3.43. The van der Waals surface area contributed by atoms with Gasteiger partial charge in [0.2, 0.25) is 0 Å². The topological polar surface area (TPSA) is 38.7 Å². The summed E-state index contributed by atoms with van der Waals surface area (Å²) in [6.07, 6.45) is 7.86. The lowest BCUT2D eigenvalue weighted by atomic mass is 9.89. The first-order valence-corrected chi connectivity index (χ1v) is 16.7. The summed E-state index contributed by atoms with van der Waals surface area (Å²) in [4.78, 5) is 14.8. The predicted octanol–water partition coefficient (Wildman–Crippen LogP) is 11.5. The number of hydrogen-bond acceptors (Lipinski definition) is 3. The monoisotopic (exact) mass is 625 g/mol. The van der Waals surface area contributed by atoms with Crippen molar-refractivity contribution in [3.05, 3.63) is 187 Å². The fraction of sp³-hybridized carbons (Fsp3) is 0.0217. The summed E-state index contributed by atoms with van der Waals surface area (Å²) < 4.78 is 0. The Hall–Kier alpha value is -6.45. The zero-order valence-corrected chi connectivity index (χ0v) is 26.8. The van der Waals surface area contributed by atoms with Crippen LogP contribution in [-0.2, 0) is 6.42 Å². The number of nitrogens with zero attached hydrogens (tertiary/aromatic N) is 3. The van der Waals surface area contributed by atoms with E-state index in [1.165, 1.54) is 43.8 Å². The van der Waals surface area contributed by atoms with E-state index in [0.29, 0.717) is 17.5 Å². The van der Waals surface area contributed by atoms with E-state index in [1.54, 1.807) is 0 Å². The summed E-state index contributed by atoms with van der Waals surface area (Å²) in [5.41, 5.74) is 10.2. The van der Waals surface area contributed by atoms with E-state index in [4.69, 9.17) is 15.0 Å². The minimum Gasteiger partial charge on any atom is -0.208 e. The van der Waals surface area contributed by atoms with E-state index in [0.717, 1.165) is 34.2 Å². The van der Waals surface area contributed by atoms with Crippen LogP contribution in [0.1, 0.15) is 16.7 Å². The number of aromatic nitrogens is 3. The third-order valence-electron chi connectivity index (χ3n) is 9.35. The molecule has 3 heteroatoms. The first kappa shape index (κ1) is 28.7. The molecule has 1 aromatic heterocycles. The van der Waals surface area contributed by atoms with Crippen LogP contribution >= 0.6 is 0 Å². The van der Waals surface area contributed by atoms with Crippen molar-refractivity contribution in [2.24, 2.45) is 0 Å². The Bertz CT molecular complexity index is 2510. The second kappa shape index (κ2) is 12.3. The molecule has 9 rings (SSSR count). The highest BCUT2D eigenvalue weighted by molar-refractivity contribution is 6.14. The van der Waals surface area contributed by atoms with Crippen molar-refractivity contribution in [2.45, 2.75) is 6.42 Å². The Morgan fingerprint density at radius 1 is 0.367 bits per heavy atom. The second-order valence-corrected chi connectivity index (χ2v) is 12.4. The number of allylic oxidation sites excluding steroid dienone is 3. The quantitative estimate of drug-likeness (QED) is 0.179. The fourth-order valence-electron chi connectivity index (χ4n) is 6.97. The van der Waals surface area contributed by atoms with Crippen LogP contribution in [0.15, 0.2) is 170 Å². The molecule has 49 heavy (non-hydrogen) atoms. The predicted molar refractivity (Wildman–Crippen MR) is 204 cm³/mol. The molecular formula is C46H31N3. The molecule has 0 saturated carbocycles. The highest BCUT2D eigenvalue weighted by atomic mass is 15.0. The smallest absolute Gasteiger partial charge is 0.164 e. The zero-order valence-electron chi connectivity index (χ0n) is 26.8. The molecule has 0 unspecified atom stereocenters. The maximum atomic E-state index is 4.96. The van der Waals surface area contributed by atoms with Crippen LogP contribution in [0.3, 0.4) is 0 Å². The largest absolute Gasteiger partial charge is 0.208 e. The Balaban J connectivity index is 1.13. The Morgan fingerprint density at radius 2 is 0.816 bits per heavy atom. The van der Waals surface area contributed by atoms with Crippen molar-refractivity contribution in [3.63, 3.8) is 0 Å². The molecule has 0 amide bonds. The number of hydrogen-bond donors (Lipinski definition) is 0. The van der Waals surface area contributed by atoms with Crippen LogP contribution in [0.4, 0.5) is 0 Å². The fourth-order valence-corrected chi connectivity index (χ4v) is 6.97. The first-order chi connectivity index (χ1) is 24.3. The van der Waals surface area contributed by atoms with E-state index in [9.17, 15) is 0 Å². The Morgan fingerprint density at radius 3 is 1.45 bits per heavy atom. The molecule has 0 radical (unpaired) electrons. The van der Waals surface area contributed by atoms with Gasteiger partial charge in [0.25, 0.3) is 0 Å². The molecule has 0 atom stereocenters. The van der Waals surface area contributed by atoms with E-state index in [1.807, 2.05) is 60.7 Å². The third kappa shape index (κ3) is 5.42. The van der Waals surface area contributed by atoms with Gasteiger partial charge in [-0.2, -0.15) is 0 Å². The van der Waals surface area contributed by atoms with Crippen molar-refractivity contribution in [1.29, 1.82) is 0 Å². The lowest BCUT2D eigenvalue weighted by Gasteiger charge is -2.14. The summed E-state index contributed by atoms with van der Waals surface area (Å²) in [7, 11) is 0. The summed E-state index contributed by atoms with van der Waals surface area (Å²) >= 11 is 0. The highest BCUT2D eigenvalue weighted by Gasteiger charge is 2.16. The van der Waals surface area contributed by atoms with Crippen molar-refractivity contribution in [2.75, 3.05) is 0 Å². The minimum absolute atomic E-state index is 0.649. The maximum Gasteiger partial charge on any atom is 0.164 e. The number of fused-ring (bicyclic) bond motifs is 6. The third-order valence-corrected chi connectivity index (χ3v) is 9.35. The van der Waals surface area contributed by atoms with Crippen LogP contribution in [0, 0.1) is 0 Å². The van der Waals surface area contributed by atoms with Gasteiger partial charge in [0.1, 0.15) is 0 Å². The molecule has 8 aromatic rings. The van der Waals surface area contributed by atoms with Crippen molar-refractivity contribution < 1.29 is 0 Å². The zero-order chi connectivity index (χ0) is 32.6. The molecule has 1 heterocycles. The minimum atomic E-state index is 0.649. The standard InChI is InChI=1S/C46H31N3/c1-3-14-31(15-4-1)44-47-45(32-16-5-2-6-17-32)49-46(48-44)37-22-12-20-35(29-37)33-18-11-19-34(28-33)36-21-13-27-42-40-25-8-7-23-38(40)39-24-9-10-26-41(39)43(42)30-36/h1-26,28-30H,27H2. The summed E-state index contributed by atoms with van der Waals surface area (Å²) in [5.74, 6) is 1.96. The van der Waals surface area contributed by atoms with Gasteiger partial charge < -0.3 is 0 Å². The lowest BCUT2D eigenvalue weighted by Crippen LogP contribution is -2.00.